The van der Waals surface area contributed by atoms with E-state index < -0.39 is 24.2 Å². The van der Waals surface area contributed by atoms with Crippen LogP contribution in [0.25, 0.3) is 0 Å². The lowest BCUT2D eigenvalue weighted by Gasteiger charge is -2.43. The molecule has 1 nitrogen and oxygen atoms in total. The second kappa shape index (κ2) is 48.6. The van der Waals surface area contributed by atoms with Crippen LogP contribution in [0.15, 0.2) is 109 Å². The minimum absolute atomic E-state index is 1.04. The third-order valence-electron chi connectivity index (χ3n) is 20.2. The van der Waals surface area contributed by atoms with Gasteiger partial charge < -0.3 is 4.44 Å². The minimum Gasteiger partial charge on any atom is -0.312 e. The topological polar surface area (TPSA) is 3.24 Å². The molecule has 0 bridgehead atoms. The van der Waals surface area contributed by atoms with Crippen molar-refractivity contribution in [2.75, 3.05) is 4.44 Å². The fourth-order valence-electron chi connectivity index (χ4n) is 14.3. The fourth-order valence-corrected chi connectivity index (χ4v) is 26.0. The number of aryl methyl sites for hydroxylation is 6. The number of benzene rings is 5. The molecule has 5 aromatic rings. The molecule has 0 fully saturated rings. The third-order valence-corrected chi connectivity index (χ3v) is 31.1. The van der Waals surface area contributed by atoms with Gasteiger partial charge in [0.25, 0.3) is 0 Å². The molecule has 502 valence electrons. The summed E-state index contributed by atoms with van der Waals surface area (Å²) in [7, 11) is -3.92. The Morgan fingerprint density at radius 3 is 0.678 bits per heavy atom. The summed E-state index contributed by atoms with van der Waals surface area (Å²) in [6, 6.07) is 51.4. The number of anilines is 1. The first-order valence-electron chi connectivity index (χ1n) is 39.3. The van der Waals surface area contributed by atoms with Crippen molar-refractivity contribution in [3.8, 4) is 0 Å². The predicted molar refractivity (Wildman–Crippen MR) is 416 cm³/mol. The SMILES string of the molecule is CCCCCCCCCCc1ccc(P(c2ccc(CCCCCCCCCC)cc2)N(c2c(CC)cc([Si](CCCC)(CCCC)CCCC)cc2CC)P(c2ccc(CCCCCCCCCC)cc2)c2ccc(CCCCCCCCCC)cc2)cc1. The Bertz CT molecular complexity index is 2210. The summed E-state index contributed by atoms with van der Waals surface area (Å²) < 4.78 is 3.17. The van der Waals surface area contributed by atoms with Crippen LogP contribution in [0.4, 0.5) is 5.69 Å². The van der Waals surface area contributed by atoms with Crippen LogP contribution in [0.2, 0.25) is 18.1 Å². The van der Waals surface area contributed by atoms with Gasteiger partial charge in [0.2, 0.25) is 0 Å². The Hall–Kier alpha value is -3.02. The Morgan fingerprint density at radius 2 is 0.467 bits per heavy atom. The van der Waals surface area contributed by atoms with Gasteiger partial charge in [0.15, 0.2) is 0 Å². The zero-order valence-corrected chi connectivity index (χ0v) is 63.3. The molecule has 0 aliphatic carbocycles. The van der Waals surface area contributed by atoms with Crippen LogP contribution >= 0.6 is 16.1 Å². The molecule has 0 aliphatic heterocycles. The average Bonchev–Trinajstić information content (AvgIpc) is 0.758. The molecule has 0 spiro atoms. The Morgan fingerprint density at radius 1 is 0.256 bits per heavy atom. The average molecular weight is 1280 g/mol. The van der Waals surface area contributed by atoms with Gasteiger partial charge >= 0.3 is 0 Å². The molecule has 0 radical (unpaired) electrons. The molecule has 5 aromatic carbocycles. The Labute approximate surface area is 562 Å². The van der Waals surface area contributed by atoms with Crippen LogP contribution in [-0.4, -0.2) is 8.07 Å². The molecular weight excluding hydrogens is 1140 g/mol. The second-order valence-corrected chi connectivity index (χ2v) is 37.0. The van der Waals surface area contributed by atoms with Crippen molar-refractivity contribution in [2.45, 2.75) is 363 Å². The lowest BCUT2D eigenvalue weighted by molar-refractivity contribution is 0.575. The summed E-state index contributed by atoms with van der Waals surface area (Å²) in [6.45, 7) is 21.7. The van der Waals surface area contributed by atoms with Gasteiger partial charge in [0.1, 0.15) is 0 Å². The maximum atomic E-state index is 3.17. The van der Waals surface area contributed by atoms with E-state index >= 15 is 0 Å². The summed E-state index contributed by atoms with van der Waals surface area (Å²) in [5, 5.41) is 7.77. The first-order valence-corrected chi connectivity index (χ1v) is 44.5. The zero-order chi connectivity index (χ0) is 64.1. The summed E-state index contributed by atoms with van der Waals surface area (Å²) in [5.74, 6) is 0. The van der Waals surface area contributed by atoms with E-state index in [1.807, 2.05) is 0 Å². The van der Waals surface area contributed by atoms with Crippen LogP contribution in [0.3, 0.4) is 0 Å². The molecule has 0 saturated heterocycles. The first-order chi connectivity index (χ1) is 44.3. The van der Waals surface area contributed by atoms with Crippen LogP contribution in [0, 0.1) is 0 Å². The molecule has 0 atom stereocenters. The highest BCUT2D eigenvalue weighted by Gasteiger charge is 2.38. The van der Waals surface area contributed by atoms with E-state index in [9.17, 15) is 0 Å². The van der Waals surface area contributed by atoms with Crippen molar-refractivity contribution in [1.29, 1.82) is 0 Å². The molecule has 0 saturated carbocycles. The molecule has 0 heterocycles. The molecule has 90 heavy (non-hydrogen) atoms. The van der Waals surface area contributed by atoms with Crippen molar-refractivity contribution in [3.63, 3.8) is 0 Å². The molecule has 0 aliphatic rings. The van der Waals surface area contributed by atoms with Gasteiger partial charge in [-0.3, -0.25) is 0 Å². The molecular formula is C86H139NP2Si. The van der Waals surface area contributed by atoms with E-state index in [1.165, 1.54) is 331 Å². The van der Waals surface area contributed by atoms with Gasteiger partial charge in [-0.05, 0) is 97.6 Å². The van der Waals surface area contributed by atoms with Crippen molar-refractivity contribution < 1.29 is 0 Å². The molecule has 0 N–H and O–H groups in total. The highest BCUT2D eigenvalue weighted by Crippen LogP contribution is 2.59. The molecule has 0 unspecified atom stereocenters. The number of hydrogen-bond donors (Lipinski definition) is 0. The number of nitrogens with zero attached hydrogens (tertiary/aromatic N) is 1. The highest BCUT2D eigenvalue weighted by atomic mass is 31.2. The van der Waals surface area contributed by atoms with Gasteiger partial charge in [-0.25, -0.2) is 0 Å². The predicted octanol–water partition coefficient (Wildman–Crippen LogP) is 26.5. The Kier molecular flexibility index (Phi) is 42.0. The van der Waals surface area contributed by atoms with Gasteiger partial charge in [-0.1, -0.05) is 413 Å². The summed E-state index contributed by atoms with van der Waals surface area (Å²) in [6.07, 6.45) is 58.4. The smallest absolute Gasteiger partial charge is 0.0867 e. The molecule has 0 amide bonds. The van der Waals surface area contributed by atoms with Gasteiger partial charge in [-0.15, -0.1) is 0 Å². The standard InChI is InChI=1S/C86H139NP2Si/c1-10-19-26-30-34-38-42-46-50-75-54-62-81(63-55-75)88(82-64-56-76(57-65-82)51-47-43-39-35-31-27-20-11-2)87(86-79(17-8)73-85(74-80(86)18-9)90(70-23-14-5,71-24-15-6)72-25-16-7)89(83-66-58-77(59-67-83)52-48-44-40-36-32-28-21-12-3)84-68-60-78(61-69-84)53-49-45-41-37-33-29-22-13-4/h54-69,73-74H,10-53,70-72H2,1-9H3. The van der Waals surface area contributed by atoms with E-state index in [0.717, 1.165) is 12.8 Å². The fraction of sp³-hybridized carbons (Fsp3) is 0.651. The van der Waals surface area contributed by atoms with E-state index in [-0.39, 0.29) is 0 Å². The molecule has 4 heteroatoms. The lowest BCUT2D eigenvalue weighted by Crippen LogP contribution is -2.48. The number of rotatable bonds is 55. The van der Waals surface area contributed by atoms with Crippen molar-refractivity contribution in [2.24, 2.45) is 0 Å². The first kappa shape index (κ1) is 77.7. The third kappa shape index (κ3) is 28.1. The summed E-state index contributed by atoms with van der Waals surface area (Å²) >= 11 is 0. The minimum atomic E-state index is -1.83. The van der Waals surface area contributed by atoms with Crippen molar-refractivity contribution in [1.82, 2.24) is 0 Å². The highest BCUT2D eigenvalue weighted by molar-refractivity contribution is 7.90. The van der Waals surface area contributed by atoms with Crippen molar-refractivity contribution >= 4 is 56.3 Å². The van der Waals surface area contributed by atoms with E-state index in [1.54, 1.807) is 22.0 Å². The largest absolute Gasteiger partial charge is 0.312 e. The van der Waals surface area contributed by atoms with Crippen LogP contribution in [0.5, 0.6) is 0 Å². The van der Waals surface area contributed by atoms with Crippen molar-refractivity contribution in [3.05, 3.63) is 143 Å². The Balaban J connectivity index is 1.74. The zero-order valence-electron chi connectivity index (χ0n) is 60.5. The maximum absolute atomic E-state index is 3.17. The van der Waals surface area contributed by atoms with Gasteiger partial charge in [0.05, 0.1) is 29.9 Å². The van der Waals surface area contributed by atoms with Crippen LogP contribution < -0.4 is 30.8 Å². The van der Waals surface area contributed by atoms with E-state index in [4.69, 9.17) is 0 Å². The van der Waals surface area contributed by atoms with E-state index in [0.29, 0.717) is 0 Å². The normalized spacial score (nSPS) is 11.9. The van der Waals surface area contributed by atoms with Crippen LogP contribution in [0.1, 0.15) is 340 Å². The lowest BCUT2D eigenvalue weighted by atomic mass is 10.0. The summed E-state index contributed by atoms with van der Waals surface area (Å²) in [5.41, 5.74) is 10.8. The van der Waals surface area contributed by atoms with Gasteiger partial charge in [-0.2, -0.15) is 0 Å². The quantitative estimate of drug-likeness (QED) is 0.0213. The monoisotopic (exact) mass is 1280 g/mol. The van der Waals surface area contributed by atoms with E-state index in [2.05, 4.69) is 176 Å². The maximum Gasteiger partial charge on any atom is 0.0867 e. The number of hydrogen-bond acceptors (Lipinski definition) is 1. The van der Waals surface area contributed by atoms with Gasteiger partial charge in [0, 0.05) is 21.2 Å². The summed E-state index contributed by atoms with van der Waals surface area (Å²) in [4.78, 5) is 0. The van der Waals surface area contributed by atoms with Crippen LogP contribution in [-0.2, 0) is 38.5 Å². The second-order valence-electron chi connectivity index (χ2n) is 27.9. The number of unbranched alkanes of at least 4 members (excludes halogenated alkanes) is 31. The molecule has 0 aromatic heterocycles. The molecule has 5 rings (SSSR count).